The fraction of sp³-hybridized carbons (Fsp3) is 0.250. The Kier molecular flexibility index (Phi) is 10.1. The Balaban J connectivity index is 1.37. The van der Waals surface area contributed by atoms with Crippen molar-refractivity contribution >= 4 is 29.6 Å². The third-order valence-electron chi connectivity index (χ3n) is 11.0. The molecule has 0 radical (unpaired) electrons. The van der Waals surface area contributed by atoms with Crippen LogP contribution in [0.2, 0.25) is 0 Å². The van der Waals surface area contributed by atoms with Gasteiger partial charge in [0, 0.05) is 32.0 Å². The molecule has 3 amide bonds. The maximum atomic E-state index is 15.7. The molecular weight excluding hydrogens is 713 g/mol. The molecular formula is C44H40N4O8. The van der Waals surface area contributed by atoms with Gasteiger partial charge in [0.25, 0.3) is 0 Å². The minimum absolute atomic E-state index is 0.0116. The second-order valence-electron chi connectivity index (χ2n) is 14.0. The van der Waals surface area contributed by atoms with Crippen LogP contribution in [0.3, 0.4) is 0 Å². The molecule has 1 aromatic heterocycles. The van der Waals surface area contributed by atoms with Crippen LogP contribution in [0.4, 0.5) is 10.5 Å². The van der Waals surface area contributed by atoms with Gasteiger partial charge in [-0.05, 0) is 52.6 Å². The quantitative estimate of drug-likeness (QED) is 0.137. The number of anilines is 1. The summed E-state index contributed by atoms with van der Waals surface area (Å²) in [4.78, 5) is 67.1. The van der Waals surface area contributed by atoms with Crippen LogP contribution in [0, 0.1) is 5.92 Å². The standard InChI is InChI=1S/C44H40N4O8/c1-54-26-27-55-43(53)47-34-18-9-8-17-33(34)44(42(47)52)35(40(50)46-25-23-31-16-10-11-24-45-31)37-41(51)56-38(29-14-6-3-7-15-29)36(28-12-4-2-5-13-28)48(37)39(44)30-19-21-32(49)22-20-30/h2-22,24,35-39,49H,23,25-27H2,1H3,(H,46,50). The number of carbonyl (C=O) groups is 4. The maximum Gasteiger partial charge on any atom is 0.421 e. The van der Waals surface area contributed by atoms with Crippen LogP contribution in [0.5, 0.6) is 5.75 Å². The molecule has 56 heavy (non-hydrogen) atoms. The van der Waals surface area contributed by atoms with Gasteiger partial charge in [-0.3, -0.25) is 24.3 Å². The number of phenols is 1. The number of imide groups is 1. The van der Waals surface area contributed by atoms with Gasteiger partial charge in [0.1, 0.15) is 29.9 Å². The molecule has 2 saturated heterocycles. The number of amides is 3. The van der Waals surface area contributed by atoms with Gasteiger partial charge in [0.05, 0.1) is 30.3 Å². The first-order valence-electron chi connectivity index (χ1n) is 18.5. The van der Waals surface area contributed by atoms with E-state index >= 15 is 9.59 Å². The van der Waals surface area contributed by atoms with Gasteiger partial charge in [0.2, 0.25) is 11.8 Å². The van der Waals surface area contributed by atoms with Gasteiger partial charge >= 0.3 is 12.1 Å². The number of ether oxygens (including phenoxy) is 3. The monoisotopic (exact) mass is 752 g/mol. The van der Waals surface area contributed by atoms with E-state index < -0.39 is 59.4 Å². The molecule has 284 valence electrons. The Labute approximate surface area is 323 Å². The number of phenolic OH excluding ortho intramolecular Hbond substituents is 1. The van der Waals surface area contributed by atoms with E-state index in [9.17, 15) is 14.7 Å². The van der Waals surface area contributed by atoms with Crippen molar-refractivity contribution in [3.63, 3.8) is 0 Å². The molecule has 12 heteroatoms. The molecule has 6 atom stereocenters. The van der Waals surface area contributed by atoms with E-state index in [0.29, 0.717) is 17.5 Å². The number of morpholine rings is 1. The van der Waals surface area contributed by atoms with Gasteiger partial charge in [-0.1, -0.05) is 97.1 Å². The number of nitrogens with zero attached hydrogens (tertiary/aromatic N) is 3. The van der Waals surface area contributed by atoms with E-state index in [1.807, 2.05) is 77.7 Å². The minimum atomic E-state index is -1.88. The summed E-state index contributed by atoms with van der Waals surface area (Å²) < 4.78 is 17.1. The summed E-state index contributed by atoms with van der Waals surface area (Å²) in [5.74, 6) is -3.41. The average Bonchev–Trinajstić information content (AvgIpc) is 3.69. The van der Waals surface area contributed by atoms with Gasteiger partial charge in [-0.2, -0.15) is 0 Å². The summed E-state index contributed by atoms with van der Waals surface area (Å²) in [6.45, 7) is 0.129. The van der Waals surface area contributed by atoms with Crippen LogP contribution in [0.25, 0.3) is 0 Å². The van der Waals surface area contributed by atoms with Gasteiger partial charge in [-0.15, -0.1) is 0 Å². The molecule has 2 N–H and O–H groups in total. The number of fused-ring (bicyclic) bond motifs is 3. The number of aromatic hydroxyl groups is 1. The number of aromatic nitrogens is 1. The highest BCUT2D eigenvalue weighted by Crippen LogP contribution is 2.65. The van der Waals surface area contributed by atoms with E-state index in [1.165, 1.54) is 19.2 Å². The summed E-state index contributed by atoms with van der Waals surface area (Å²) in [5.41, 5.74) is 1.51. The molecule has 2 fully saturated rings. The van der Waals surface area contributed by atoms with Crippen LogP contribution in [-0.2, 0) is 40.4 Å². The highest BCUT2D eigenvalue weighted by molar-refractivity contribution is 6.23. The zero-order valence-corrected chi connectivity index (χ0v) is 30.6. The first-order valence-corrected chi connectivity index (χ1v) is 18.5. The number of esters is 1. The van der Waals surface area contributed by atoms with Crippen molar-refractivity contribution < 1.29 is 38.5 Å². The normalized spacial score (nSPS) is 24.0. The van der Waals surface area contributed by atoms with Crippen molar-refractivity contribution in [1.29, 1.82) is 0 Å². The predicted octanol–water partition coefficient (Wildman–Crippen LogP) is 5.59. The molecule has 1 spiro atoms. The molecule has 3 aliphatic rings. The predicted molar refractivity (Wildman–Crippen MR) is 204 cm³/mol. The number of cyclic esters (lactones) is 1. The molecule has 3 aliphatic heterocycles. The average molecular weight is 753 g/mol. The number of benzene rings is 4. The first-order chi connectivity index (χ1) is 27.4. The number of nitrogens with one attached hydrogen (secondary N) is 1. The van der Waals surface area contributed by atoms with Crippen molar-refractivity contribution in [2.45, 2.75) is 36.1 Å². The lowest BCUT2D eigenvalue weighted by atomic mass is 9.65. The van der Waals surface area contributed by atoms with Crippen molar-refractivity contribution in [2.75, 3.05) is 31.8 Å². The van der Waals surface area contributed by atoms with Crippen LogP contribution in [0.1, 0.15) is 46.1 Å². The summed E-state index contributed by atoms with van der Waals surface area (Å²) in [5, 5.41) is 13.5. The number of rotatable bonds is 10. The Bertz CT molecular complexity index is 2220. The minimum Gasteiger partial charge on any atom is -0.508 e. The Morgan fingerprint density at radius 3 is 2.18 bits per heavy atom. The van der Waals surface area contributed by atoms with Crippen molar-refractivity contribution in [3.05, 3.63) is 162 Å². The lowest BCUT2D eigenvalue weighted by molar-refractivity contribution is -0.178. The van der Waals surface area contributed by atoms with Crippen LogP contribution in [-0.4, -0.2) is 71.8 Å². The summed E-state index contributed by atoms with van der Waals surface area (Å²) in [7, 11) is 1.47. The summed E-state index contributed by atoms with van der Waals surface area (Å²) >= 11 is 0. The van der Waals surface area contributed by atoms with E-state index in [-0.39, 0.29) is 31.2 Å². The molecule has 5 aromatic rings. The van der Waals surface area contributed by atoms with Crippen LogP contribution in [0.15, 0.2) is 134 Å². The molecule has 4 aromatic carbocycles. The molecule has 6 unspecified atom stereocenters. The van der Waals surface area contributed by atoms with E-state index in [1.54, 1.807) is 48.7 Å². The van der Waals surface area contributed by atoms with Crippen LogP contribution < -0.4 is 10.2 Å². The number of methoxy groups -OCH3 is 1. The largest absolute Gasteiger partial charge is 0.508 e. The number of hydrogen-bond acceptors (Lipinski definition) is 10. The fourth-order valence-corrected chi connectivity index (χ4v) is 8.75. The van der Waals surface area contributed by atoms with E-state index in [2.05, 4.69) is 10.3 Å². The topological polar surface area (TPSA) is 148 Å². The number of para-hydroxylation sites is 1. The Morgan fingerprint density at radius 2 is 1.48 bits per heavy atom. The highest BCUT2D eigenvalue weighted by Gasteiger charge is 2.75. The molecule has 4 heterocycles. The molecule has 0 bridgehead atoms. The maximum absolute atomic E-state index is 15.7. The van der Waals surface area contributed by atoms with E-state index in [4.69, 9.17) is 14.2 Å². The zero-order chi connectivity index (χ0) is 38.8. The lowest BCUT2D eigenvalue weighted by Crippen LogP contribution is -2.56. The summed E-state index contributed by atoms with van der Waals surface area (Å²) in [6.07, 6.45) is 0.261. The van der Waals surface area contributed by atoms with Gasteiger partial charge in [0.15, 0.2) is 0 Å². The molecule has 0 saturated carbocycles. The number of hydrogen-bond donors (Lipinski definition) is 2. The SMILES string of the molecule is COCCOC(=O)N1C(=O)C2(c3ccccc31)C(C(=O)NCCc1ccccn1)C1C(=O)OC(c3ccccc3)C(c3ccccc3)N1C2c1ccc(O)cc1. The Hall–Kier alpha value is -6.37. The smallest absolute Gasteiger partial charge is 0.421 e. The second-order valence-corrected chi connectivity index (χ2v) is 14.0. The number of carbonyl (C=O) groups excluding carboxylic acids is 4. The molecule has 8 rings (SSSR count). The van der Waals surface area contributed by atoms with E-state index in [0.717, 1.165) is 21.7 Å². The molecule has 0 aliphatic carbocycles. The van der Waals surface area contributed by atoms with Crippen LogP contribution >= 0.6 is 0 Å². The third kappa shape index (κ3) is 6.16. The first kappa shape index (κ1) is 36.6. The van der Waals surface area contributed by atoms with Crippen molar-refractivity contribution in [2.24, 2.45) is 5.92 Å². The van der Waals surface area contributed by atoms with Gasteiger partial charge < -0.3 is 24.6 Å². The number of pyridine rings is 1. The van der Waals surface area contributed by atoms with Crippen molar-refractivity contribution in [1.82, 2.24) is 15.2 Å². The Morgan fingerprint density at radius 1 is 0.804 bits per heavy atom. The van der Waals surface area contributed by atoms with Crippen molar-refractivity contribution in [3.8, 4) is 5.75 Å². The highest BCUT2D eigenvalue weighted by atomic mass is 16.6. The fourth-order valence-electron chi connectivity index (χ4n) is 8.75. The second kappa shape index (κ2) is 15.4. The zero-order valence-electron chi connectivity index (χ0n) is 30.6. The third-order valence-corrected chi connectivity index (χ3v) is 11.0. The lowest BCUT2D eigenvalue weighted by Gasteiger charge is -2.46. The summed E-state index contributed by atoms with van der Waals surface area (Å²) in [6, 6.07) is 34.5. The molecule has 12 nitrogen and oxygen atoms in total. The van der Waals surface area contributed by atoms with Gasteiger partial charge in [-0.25, -0.2) is 9.69 Å².